The van der Waals surface area contributed by atoms with E-state index in [1.54, 1.807) is 10.8 Å². The highest BCUT2D eigenvalue weighted by Gasteiger charge is 2.46. The van der Waals surface area contributed by atoms with E-state index in [1.807, 2.05) is 6.07 Å². The van der Waals surface area contributed by atoms with Crippen molar-refractivity contribution >= 4 is 30.2 Å². The second-order valence-electron chi connectivity index (χ2n) is 8.91. The molecule has 3 heterocycles. The lowest BCUT2D eigenvalue weighted by Gasteiger charge is -2.18. The van der Waals surface area contributed by atoms with E-state index in [9.17, 15) is 14.8 Å². The first kappa shape index (κ1) is 21.7. The summed E-state index contributed by atoms with van der Waals surface area (Å²) in [5.74, 6) is 2.33. The van der Waals surface area contributed by atoms with Crippen molar-refractivity contribution in [1.82, 2.24) is 14.5 Å². The van der Waals surface area contributed by atoms with Gasteiger partial charge < -0.3 is 34.0 Å². The summed E-state index contributed by atoms with van der Waals surface area (Å²) in [6.45, 7) is -0.274. The van der Waals surface area contributed by atoms with Crippen LogP contribution in [0.5, 0.6) is 0 Å². The van der Waals surface area contributed by atoms with Crippen LogP contribution < -0.4 is 0 Å². The Kier molecular flexibility index (Phi) is 5.64. The summed E-state index contributed by atoms with van der Waals surface area (Å²) in [5, 5.41) is 21.8. The third-order valence-electron chi connectivity index (χ3n) is 6.60. The van der Waals surface area contributed by atoms with Gasteiger partial charge in [-0.3, -0.25) is 4.57 Å². The number of rotatable bonds is 7. The second-order valence-corrected chi connectivity index (χ2v) is 10.8. The molecule has 31 heavy (non-hydrogen) atoms. The molecule has 3 aliphatic rings. The van der Waals surface area contributed by atoms with E-state index in [2.05, 4.69) is 9.97 Å². The third kappa shape index (κ3) is 4.41. The van der Waals surface area contributed by atoms with Crippen LogP contribution in [-0.2, 0) is 20.5 Å². The molecule has 4 N–H and O–H groups in total. The summed E-state index contributed by atoms with van der Waals surface area (Å²) in [5.41, 5.74) is 1.38. The molecule has 2 aliphatic carbocycles. The molecule has 6 atom stereocenters. The quantitative estimate of drug-likeness (QED) is 0.346. The summed E-state index contributed by atoms with van der Waals surface area (Å²) < 4.78 is 23.3. The molecule has 10 nitrogen and oxygen atoms in total. The Balaban J connectivity index is 1.35. The number of halogens is 1. The Morgan fingerprint density at radius 2 is 1.94 bits per heavy atom. The molecule has 0 spiro atoms. The van der Waals surface area contributed by atoms with Gasteiger partial charge in [-0.1, -0.05) is 0 Å². The van der Waals surface area contributed by atoms with Crippen molar-refractivity contribution in [3.05, 3.63) is 23.2 Å². The molecule has 170 valence electrons. The van der Waals surface area contributed by atoms with Crippen LogP contribution in [0.4, 0.5) is 0 Å². The van der Waals surface area contributed by atoms with E-state index in [4.69, 9.17) is 30.9 Å². The number of hydrogen-bond acceptors (Lipinski definition) is 7. The maximum absolute atomic E-state index is 10.9. The molecule has 0 amide bonds. The summed E-state index contributed by atoms with van der Waals surface area (Å²) in [7, 11) is -4.34. The molecular weight excluding hydrogens is 449 g/mol. The SMILES string of the molecule is O=P(O)(O)COC[C@H]1O[C@@H](n2ccc3c(CC4CC5CC5C4)nc(Cl)nc32)[C@H](O)[C@@H]1O. The second kappa shape index (κ2) is 8.04. The molecule has 2 aromatic rings. The minimum atomic E-state index is -4.34. The molecular formula is C19H25ClN3O7P. The van der Waals surface area contributed by atoms with E-state index in [-0.39, 0.29) is 11.9 Å². The van der Waals surface area contributed by atoms with Crippen molar-refractivity contribution in [3.63, 3.8) is 0 Å². The summed E-state index contributed by atoms with van der Waals surface area (Å²) in [6, 6.07) is 1.86. The monoisotopic (exact) mass is 473 g/mol. The first-order valence-electron chi connectivity index (χ1n) is 10.4. The fourth-order valence-electron chi connectivity index (χ4n) is 5.09. The minimum absolute atomic E-state index is 0.111. The van der Waals surface area contributed by atoms with Gasteiger partial charge in [0, 0.05) is 11.6 Å². The summed E-state index contributed by atoms with van der Waals surface area (Å²) in [4.78, 5) is 26.6. The number of aliphatic hydroxyl groups excluding tert-OH is 2. The topological polar surface area (TPSA) is 147 Å². The number of nitrogens with zero attached hydrogens (tertiary/aromatic N) is 3. The zero-order valence-corrected chi connectivity index (χ0v) is 18.3. The standard InChI is InChI=1S/C19H25ClN3O7P/c20-19-21-13(5-9-3-10-6-11(10)4-9)12-1-2-23(17(12)22-19)18-16(25)15(24)14(30-18)7-29-8-31(26,27)28/h1-2,9-11,14-16,18,24-25H,3-8H2,(H2,26,27,28)/t9?,10?,11?,14-,15-,16-,18-/m1/s1. The zero-order chi connectivity index (χ0) is 21.9. The van der Waals surface area contributed by atoms with Gasteiger partial charge in [-0.2, -0.15) is 4.98 Å². The Morgan fingerprint density at radius 3 is 2.65 bits per heavy atom. The van der Waals surface area contributed by atoms with Crippen molar-refractivity contribution in [2.75, 3.05) is 13.0 Å². The van der Waals surface area contributed by atoms with E-state index < -0.39 is 38.5 Å². The van der Waals surface area contributed by atoms with E-state index in [0.29, 0.717) is 11.6 Å². The van der Waals surface area contributed by atoms with E-state index in [1.165, 1.54) is 19.3 Å². The number of aromatic nitrogens is 3. The summed E-state index contributed by atoms with van der Waals surface area (Å²) >= 11 is 6.21. The van der Waals surface area contributed by atoms with Gasteiger partial charge in [-0.25, -0.2) is 4.98 Å². The zero-order valence-electron chi connectivity index (χ0n) is 16.6. The average Bonchev–Trinajstić information content (AvgIpc) is 2.98. The normalized spacial score (nSPS) is 35.1. The number of hydrogen-bond donors (Lipinski definition) is 4. The number of fused-ring (bicyclic) bond motifs is 2. The number of ether oxygens (including phenoxy) is 2. The predicted molar refractivity (Wildman–Crippen MR) is 109 cm³/mol. The highest BCUT2D eigenvalue weighted by molar-refractivity contribution is 7.51. The Bertz CT molecular complexity index is 1020. The predicted octanol–water partition coefficient (Wildman–Crippen LogP) is 1.44. The average molecular weight is 474 g/mol. The fraction of sp³-hybridized carbons (Fsp3) is 0.684. The summed E-state index contributed by atoms with van der Waals surface area (Å²) in [6.07, 6.45) is 1.08. The number of aliphatic hydroxyl groups is 2. The Morgan fingerprint density at radius 1 is 1.19 bits per heavy atom. The minimum Gasteiger partial charge on any atom is -0.387 e. The fourth-order valence-corrected chi connectivity index (χ4v) is 5.62. The van der Waals surface area contributed by atoms with Crippen LogP contribution in [0, 0.1) is 17.8 Å². The highest BCUT2D eigenvalue weighted by Crippen LogP contribution is 2.55. The van der Waals surface area contributed by atoms with Crippen LogP contribution in [0.3, 0.4) is 0 Å². The Hall–Kier alpha value is -1.10. The molecule has 2 unspecified atom stereocenters. The van der Waals surface area contributed by atoms with Gasteiger partial charge in [0.25, 0.3) is 0 Å². The van der Waals surface area contributed by atoms with Crippen LogP contribution in [0.1, 0.15) is 31.2 Å². The van der Waals surface area contributed by atoms with Gasteiger partial charge >= 0.3 is 7.60 Å². The van der Waals surface area contributed by atoms with Crippen molar-refractivity contribution < 1.29 is 34.0 Å². The van der Waals surface area contributed by atoms with Crippen LogP contribution in [-0.4, -0.2) is 65.8 Å². The highest BCUT2D eigenvalue weighted by atomic mass is 35.5. The van der Waals surface area contributed by atoms with Crippen LogP contribution in [0.2, 0.25) is 5.28 Å². The third-order valence-corrected chi connectivity index (χ3v) is 7.29. The lowest BCUT2D eigenvalue weighted by molar-refractivity contribution is -0.0610. The molecule has 5 rings (SSSR count). The molecule has 2 aromatic heterocycles. The smallest absolute Gasteiger partial charge is 0.350 e. The van der Waals surface area contributed by atoms with Crippen LogP contribution in [0.25, 0.3) is 11.0 Å². The lowest BCUT2D eigenvalue weighted by atomic mass is 9.96. The van der Waals surface area contributed by atoms with Gasteiger partial charge in [-0.15, -0.1) is 0 Å². The first-order valence-corrected chi connectivity index (χ1v) is 12.5. The lowest BCUT2D eigenvalue weighted by Crippen LogP contribution is -2.33. The molecule has 0 aromatic carbocycles. The maximum Gasteiger partial charge on any atom is 0.350 e. The van der Waals surface area contributed by atoms with E-state index >= 15 is 0 Å². The molecule has 0 radical (unpaired) electrons. The van der Waals surface area contributed by atoms with Crippen LogP contribution >= 0.6 is 19.2 Å². The van der Waals surface area contributed by atoms with E-state index in [0.717, 1.165) is 29.3 Å². The Labute approximate surface area is 183 Å². The van der Waals surface area contributed by atoms with Gasteiger partial charge in [-0.05, 0) is 61.1 Å². The van der Waals surface area contributed by atoms with Crippen molar-refractivity contribution in [2.45, 2.75) is 50.2 Å². The van der Waals surface area contributed by atoms with Gasteiger partial charge in [0.2, 0.25) is 5.28 Å². The van der Waals surface area contributed by atoms with Gasteiger partial charge in [0.1, 0.15) is 30.3 Å². The van der Waals surface area contributed by atoms with Crippen molar-refractivity contribution in [2.24, 2.45) is 17.8 Å². The van der Waals surface area contributed by atoms with Crippen molar-refractivity contribution in [1.29, 1.82) is 0 Å². The molecule has 2 saturated carbocycles. The van der Waals surface area contributed by atoms with Crippen LogP contribution in [0.15, 0.2) is 12.3 Å². The molecule has 1 saturated heterocycles. The molecule has 1 aliphatic heterocycles. The molecule has 0 bridgehead atoms. The largest absolute Gasteiger partial charge is 0.387 e. The molecule has 12 heteroatoms. The maximum atomic E-state index is 10.9. The van der Waals surface area contributed by atoms with Gasteiger partial charge in [0.05, 0.1) is 12.3 Å². The first-order chi connectivity index (χ1) is 14.7. The van der Waals surface area contributed by atoms with Gasteiger partial charge in [0.15, 0.2) is 6.23 Å². The molecule has 3 fully saturated rings. The van der Waals surface area contributed by atoms with Crippen molar-refractivity contribution in [3.8, 4) is 0 Å².